The molecule has 1 saturated heterocycles. The molecule has 1 aliphatic rings. The van der Waals surface area contributed by atoms with Crippen molar-refractivity contribution in [3.63, 3.8) is 0 Å². The van der Waals surface area contributed by atoms with Gasteiger partial charge in [-0.2, -0.15) is 0 Å². The fourth-order valence-corrected chi connectivity index (χ4v) is 6.20. The SMILES string of the molecule is Cn1nnnc1SC[C@H]1C[C@@H](c2ccc(CO)cc2)O[C@@H](c2ccc(-c3ccccc3CNC(=O)CCCCCC(=O)O)cc2)O1. The zero-order valence-corrected chi connectivity index (χ0v) is 26.6. The number of carbonyl (C=O) groups is 2. The quantitative estimate of drug-likeness (QED) is 0.114. The number of aliphatic hydroxyl groups is 1. The number of nitrogens with one attached hydrogen (secondary N) is 1. The second-order valence-corrected chi connectivity index (χ2v) is 12.2. The number of carboxylic acids is 1. The maximum atomic E-state index is 12.4. The summed E-state index contributed by atoms with van der Waals surface area (Å²) >= 11 is 1.54. The number of rotatable bonds is 15. The summed E-state index contributed by atoms with van der Waals surface area (Å²) in [7, 11) is 1.81. The highest BCUT2D eigenvalue weighted by Gasteiger charge is 2.32. The van der Waals surface area contributed by atoms with Crippen LogP contribution in [0.15, 0.2) is 78.0 Å². The van der Waals surface area contributed by atoms with Gasteiger partial charge in [0.25, 0.3) is 0 Å². The van der Waals surface area contributed by atoms with Gasteiger partial charge in [0.05, 0.1) is 18.8 Å². The normalized spacial score (nSPS) is 17.9. The number of aliphatic hydroxyl groups excluding tert-OH is 1. The predicted octanol–water partition coefficient (Wildman–Crippen LogP) is 5.36. The van der Waals surface area contributed by atoms with Gasteiger partial charge in [-0.15, -0.1) is 5.10 Å². The molecule has 4 aromatic rings. The van der Waals surface area contributed by atoms with E-state index in [-0.39, 0.29) is 31.1 Å². The molecule has 0 saturated carbocycles. The Balaban J connectivity index is 1.25. The van der Waals surface area contributed by atoms with Gasteiger partial charge in [0, 0.05) is 44.2 Å². The summed E-state index contributed by atoms with van der Waals surface area (Å²) in [6.07, 6.45) is 2.22. The molecule has 2 heterocycles. The van der Waals surface area contributed by atoms with Crippen LogP contribution in [0.5, 0.6) is 0 Å². The minimum atomic E-state index is -0.807. The Hall–Kier alpha value is -4.10. The fourth-order valence-electron chi connectivity index (χ4n) is 5.33. The molecule has 12 heteroatoms. The lowest BCUT2D eigenvalue weighted by molar-refractivity contribution is -0.245. The summed E-state index contributed by atoms with van der Waals surface area (Å²) in [5.41, 5.74) is 5.79. The molecular weight excluding hydrogens is 606 g/mol. The van der Waals surface area contributed by atoms with E-state index in [1.807, 2.05) is 79.8 Å². The number of ether oxygens (including phenoxy) is 2. The van der Waals surface area contributed by atoms with Crippen LogP contribution in [-0.2, 0) is 39.3 Å². The Kier molecular flexibility index (Phi) is 11.9. The van der Waals surface area contributed by atoms with Crippen LogP contribution in [0.3, 0.4) is 0 Å². The summed E-state index contributed by atoms with van der Waals surface area (Å²) in [6, 6.07) is 23.9. The minimum absolute atomic E-state index is 0.0133. The van der Waals surface area contributed by atoms with Crippen molar-refractivity contribution in [3.05, 3.63) is 95.1 Å². The highest BCUT2D eigenvalue weighted by atomic mass is 32.2. The molecule has 1 amide bonds. The largest absolute Gasteiger partial charge is 0.481 e. The number of hydrogen-bond acceptors (Lipinski definition) is 9. The number of benzene rings is 3. The molecule has 0 aliphatic carbocycles. The number of tetrazole rings is 1. The van der Waals surface area contributed by atoms with Gasteiger partial charge in [-0.3, -0.25) is 9.59 Å². The molecule has 242 valence electrons. The van der Waals surface area contributed by atoms with Gasteiger partial charge in [-0.1, -0.05) is 91.0 Å². The standard InChI is InChI=1S/C34H39N5O6S/c1-39-34(36-37-38-39)46-22-28-19-30(25-13-11-23(21-40)12-14-25)45-33(44-28)26-17-15-24(16-18-26)29-8-6-5-7-27(29)20-35-31(41)9-3-2-4-10-32(42)43/h5-8,11-18,28,30,33,40H,2-4,9-10,19-22H2,1H3,(H,35,41)(H,42,43)/t28-,30+,33+/m1/s1. The summed E-state index contributed by atoms with van der Waals surface area (Å²) in [5, 5.41) is 33.7. The number of nitrogens with zero attached hydrogens (tertiary/aromatic N) is 4. The third-order valence-corrected chi connectivity index (χ3v) is 9.02. The van der Waals surface area contributed by atoms with E-state index in [2.05, 4.69) is 20.8 Å². The van der Waals surface area contributed by atoms with E-state index in [1.165, 1.54) is 11.8 Å². The fraction of sp³-hybridized carbons (Fsp3) is 0.382. The molecule has 5 rings (SSSR count). The van der Waals surface area contributed by atoms with Crippen molar-refractivity contribution >= 4 is 23.6 Å². The first kappa shape index (κ1) is 33.3. The van der Waals surface area contributed by atoms with Crippen molar-refractivity contribution in [1.82, 2.24) is 25.5 Å². The molecule has 46 heavy (non-hydrogen) atoms. The van der Waals surface area contributed by atoms with E-state index in [4.69, 9.17) is 14.6 Å². The number of aryl methyl sites for hydroxylation is 1. The lowest BCUT2D eigenvalue weighted by Crippen LogP contribution is -2.31. The monoisotopic (exact) mass is 645 g/mol. The molecule has 3 aromatic carbocycles. The smallest absolute Gasteiger partial charge is 0.303 e. The van der Waals surface area contributed by atoms with Crippen LogP contribution in [0, 0.1) is 0 Å². The van der Waals surface area contributed by atoms with Gasteiger partial charge in [0.1, 0.15) is 0 Å². The van der Waals surface area contributed by atoms with Gasteiger partial charge in [0.15, 0.2) is 6.29 Å². The molecule has 0 bridgehead atoms. The van der Waals surface area contributed by atoms with Crippen LogP contribution < -0.4 is 5.32 Å². The van der Waals surface area contributed by atoms with E-state index in [9.17, 15) is 14.7 Å². The average Bonchev–Trinajstić information content (AvgIpc) is 3.50. The Labute approximate surface area is 272 Å². The third-order valence-electron chi connectivity index (χ3n) is 7.88. The highest BCUT2D eigenvalue weighted by molar-refractivity contribution is 7.99. The minimum Gasteiger partial charge on any atom is -0.481 e. The summed E-state index contributed by atoms with van der Waals surface area (Å²) < 4.78 is 14.6. The molecule has 3 atom stereocenters. The van der Waals surface area contributed by atoms with Gasteiger partial charge >= 0.3 is 5.97 Å². The van der Waals surface area contributed by atoms with Crippen molar-refractivity contribution in [2.24, 2.45) is 7.05 Å². The first-order chi connectivity index (χ1) is 22.4. The molecule has 1 aliphatic heterocycles. The Morgan fingerprint density at radius 3 is 2.41 bits per heavy atom. The van der Waals surface area contributed by atoms with Gasteiger partial charge < -0.3 is 25.0 Å². The first-order valence-corrected chi connectivity index (χ1v) is 16.4. The average molecular weight is 646 g/mol. The number of amides is 1. The van der Waals surface area contributed by atoms with Gasteiger partial charge in [0.2, 0.25) is 11.1 Å². The van der Waals surface area contributed by atoms with Gasteiger partial charge in [-0.05, 0) is 51.1 Å². The van der Waals surface area contributed by atoms with E-state index >= 15 is 0 Å². The summed E-state index contributed by atoms with van der Waals surface area (Å²) in [4.78, 5) is 23.1. The van der Waals surface area contributed by atoms with Crippen molar-refractivity contribution in [1.29, 1.82) is 0 Å². The Morgan fingerprint density at radius 1 is 0.957 bits per heavy atom. The maximum Gasteiger partial charge on any atom is 0.303 e. The van der Waals surface area contributed by atoms with Crippen LogP contribution in [0.2, 0.25) is 0 Å². The first-order valence-electron chi connectivity index (χ1n) is 15.4. The number of aliphatic carboxylic acids is 1. The second kappa shape index (κ2) is 16.5. The third kappa shape index (κ3) is 9.23. The van der Waals surface area contributed by atoms with E-state index in [0.717, 1.165) is 33.4 Å². The zero-order chi connectivity index (χ0) is 32.3. The van der Waals surface area contributed by atoms with Crippen LogP contribution >= 0.6 is 11.8 Å². The maximum absolute atomic E-state index is 12.4. The molecule has 1 aromatic heterocycles. The van der Waals surface area contributed by atoms with Crippen LogP contribution in [0.1, 0.15) is 73.2 Å². The lowest BCUT2D eigenvalue weighted by Gasteiger charge is -2.36. The van der Waals surface area contributed by atoms with E-state index < -0.39 is 12.3 Å². The molecule has 3 N–H and O–H groups in total. The van der Waals surface area contributed by atoms with E-state index in [0.29, 0.717) is 49.6 Å². The second-order valence-electron chi connectivity index (χ2n) is 11.3. The summed E-state index contributed by atoms with van der Waals surface area (Å²) in [6.45, 7) is 0.387. The number of thioether (sulfide) groups is 1. The van der Waals surface area contributed by atoms with Crippen molar-refractivity contribution in [2.75, 3.05) is 5.75 Å². The van der Waals surface area contributed by atoms with Crippen molar-refractivity contribution in [3.8, 4) is 11.1 Å². The molecule has 0 spiro atoms. The summed E-state index contributed by atoms with van der Waals surface area (Å²) in [5.74, 6) is -0.201. The van der Waals surface area contributed by atoms with Crippen molar-refractivity contribution < 1.29 is 29.3 Å². The van der Waals surface area contributed by atoms with Crippen LogP contribution in [-0.4, -0.2) is 54.2 Å². The number of carboxylic acid groups (broad SMARTS) is 1. The molecular formula is C34H39N5O6S. The molecule has 11 nitrogen and oxygen atoms in total. The Bertz CT molecular complexity index is 1580. The number of carbonyl (C=O) groups excluding carboxylic acids is 1. The van der Waals surface area contributed by atoms with Crippen LogP contribution in [0.25, 0.3) is 11.1 Å². The van der Waals surface area contributed by atoms with Gasteiger partial charge in [-0.25, -0.2) is 4.68 Å². The Morgan fingerprint density at radius 2 is 1.70 bits per heavy atom. The number of aromatic nitrogens is 4. The topological polar surface area (TPSA) is 149 Å². The predicted molar refractivity (Wildman–Crippen MR) is 172 cm³/mol. The van der Waals surface area contributed by atoms with Crippen molar-refractivity contribution in [2.45, 2.75) is 75.3 Å². The number of hydrogen-bond donors (Lipinski definition) is 3. The molecule has 1 fully saturated rings. The highest BCUT2D eigenvalue weighted by Crippen LogP contribution is 2.39. The number of unbranched alkanes of at least 4 members (excludes halogenated alkanes) is 2. The molecule has 0 unspecified atom stereocenters. The van der Waals surface area contributed by atoms with E-state index in [1.54, 1.807) is 4.68 Å². The van der Waals surface area contributed by atoms with Crippen LogP contribution in [0.4, 0.5) is 0 Å². The lowest BCUT2D eigenvalue weighted by atomic mass is 9.97. The molecule has 0 radical (unpaired) electrons. The zero-order valence-electron chi connectivity index (χ0n) is 25.7.